The third-order valence-electron chi connectivity index (χ3n) is 4.25. The molecule has 1 heterocycles. The molecule has 2 aromatic rings. The first-order valence-electron chi connectivity index (χ1n) is 9.30. The SMILES string of the molecule is CCCCCCN(CC(=O)Nc1ccon1)C(=O)c1ccc(OC)cc1OC. The molecule has 0 spiro atoms. The Bertz CT molecular complexity index is 761. The molecule has 0 fully saturated rings. The first kappa shape index (κ1) is 21.3. The Morgan fingerprint density at radius 2 is 1.96 bits per heavy atom. The molecule has 0 aliphatic heterocycles. The lowest BCUT2D eigenvalue weighted by Gasteiger charge is -2.23. The van der Waals surface area contributed by atoms with Crippen LogP contribution in [0.4, 0.5) is 5.82 Å². The minimum atomic E-state index is -0.342. The molecule has 8 heteroatoms. The predicted molar refractivity (Wildman–Crippen MR) is 105 cm³/mol. The van der Waals surface area contributed by atoms with Crippen molar-refractivity contribution in [2.75, 3.05) is 32.6 Å². The Kier molecular flexibility index (Phi) is 8.33. The van der Waals surface area contributed by atoms with Gasteiger partial charge in [0.05, 0.1) is 19.8 Å². The van der Waals surface area contributed by atoms with Crippen LogP contribution in [0.25, 0.3) is 0 Å². The van der Waals surface area contributed by atoms with E-state index >= 15 is 0 Å². The Morgan fingerprint density at radius 1 is 1.14 bits per heavy atom. The van der Waals surface area contributed by atoms with Crippen molar-refractivity contribution in [2.24, 2.45) is 0 Å². The zero-order chi connectivity index (χ0) is 20.4. The second kappa shape index (κ2) is 11.0. The smallest absolute Gasteiger partial charge is 0.258 e. The maximum absolute atomic E-state index is 13.1. The summed E-state index contributed by atoms with van der Waals surface area (Å²) < 4.78 is 15.2. The Hall–Kier alpha value is -3.03. The topological polar surface area (TPSA) is 93.9 Å². The van der Waals surface area contributed by atoms with E-state index in [1.54, 1.807) is 25.3 Å². The van der Waals surface area contributed by atoms with Crippen molar-refractivity contribution in [3.05, 3.63) is 36.1 Å². The number of nitrogens with zero attached hydrogens (tertiary/aromatic N) is 2. The van der Waals surface area contributed by atoms with Crippen LogP contribution in [0.5, 0.6) is 11.5 Å². The van der Waals surface area contributed by atoms with Gasteiger partial charge in [0, 0.05) is 18.7 Å². The lowest BCUT2D eigenvalue weighted by Crippen LogP contribution is -2.39. The van der Waals surface area contributed by atoms with E-state index < -0.39 is 0 Å². The van der Waals surface area contributed by atoms with Crippen molar-refractivity contribution < 1.29 is 23.6 Å². The molecule has 1 aromatic carbocycles. The van der Waals surface area contributed by atoms with Crippen LogP contribution in [0.15, 0.2) is 35.1 Å². The van der Waals surface area contributed by atoms with E-state index in [1.165, 1.54) is 24.3 Å². The zero-order valence-electron chi connectivity index (χ0n) is 16.6. The number of hydrogen-bond donors (Lipinski definition) is 1. The summed E-state index contributed by atoms with van der Waals surface area (Å²) in [6.07, 6.45) is 5.34. The maximum Gasteiger partial charge on any atom is 0.258 e. The molecular weight excluding hydrogens is 362 g/mol. The summed E-state index contributed by atoms with van der Waals surface area (Å²) in [4.78, 5) is 27.0. The van der Waals surface area contributed by atoms with E-state index in [9.17, 15) is 9.59 Å². The number of nitrogens with one attached hydrogen (secondary N) is 1. The first-order chi connectivity index (χ1) is 13.6. The molecule has 0 radical (unpaired) electrons. The number of methoxy groups -OCH3 is 2. The van der Waals surface area contributed by atoms with Gasteiger partial charge in [-0.1, -0.05) is 31.3 Å². The van der Waals surface area contributed by atoms with Gasteiger partial charge in [-0.05, 0) is 18.6 Å². The van der Waals surface area contributed by atoms with Crippen LogP contribution in [0, 0.1) is 0 Å². The van der Waals surface area contributed by atoms with Crippen LogP contribution in [-0.4, -0.2) is 49.2 Å². The lowest BCUT2D eigenvalue weighted by molar-refractivity contribution is -0.117. The third-order valence-corrected chi connectivity index (χ3v) is 4.25. The second-order valence-corrected chi connectivity index (χ2v) is 6.29. The molecule has 0 unspecified atom stereocenters. The number of benzene rings is 1. The van der Waals surface area contributed by atoms with E-state index in [-0.39, 0.29) is 18.4 Å². The van der Waals surface area contributed by atoms with Gasteiger partial charge in [0.2, 0.25) is 5.91 Å². The number of carbonyl (C=O) groups excluding carboxylic acids is 2. The summed E-state index contributed by atoms with van der Waals surface area (Å²) in [5.41, 5.74) is 0.382. The zero-order valence-corrected chi connectivity index (χ0v) is 16.6. The first-order valence-corrected chi connectivity index (χ1v) is 9.30. The van der Waals surface area contributed by atoms with Crippen molar-refractivity contribution in [1.29, 1.82) is 0 Å². The number of unbranched alkanes of at least 4 members (excludes halogenated alkanes) is 3. The summed E-state index contributed by atoms with van der Waals surface area (Å²) in [7, 11) is 3.04. The van der Waals surface area contributed by atoms with Crippen LogP contribution in [0.1, 0.15) is 43.0 Å². The van der Waals surface area contributed by atoms with Gasteiger partial charge in [-0.2, -0.15) is 0 Å². The highest BCUT2D eigenvalue weighted by Crippen LogP contribution is 2.26. The summed E-state index contributed by atoms with van der Waals surface area (Å²) in [5.74, 6) is 0.688. The van der Waals surface area contributed by atoms with Crippen molar-refractivity contribution >= 4 is 17.6 Å². The van der Waals surface area contributed by atoms with Crippen LogP contribution in [0.2, 0.25) is 0 Å². The molecule has 28 heavy (non-hydrogen) atoms. The number of aromatic nitrogens is 1. The molecule has 2 amide bonds. The molecule has 0 atom stereocenters. The van der Waals surface area contributed by atoms with Crippen molar-refractivity contribution in [3.63, 3.8) is 0 Å². The van der Waals surface area contributed by atoms with E-state index in [1.807, 2.05) is 0 Å². The van der Waals surface area contributed by atoms with Crippen molar-refractivity contribution in [3.8, 4) is 11.5 Å². The van der Waals surface area contributed by atoms with Crippen LogP contribution >= 0.6 is 0 Å². The highest BCUT2D eigenvalue weighted by Gasteiger charge is 2.22. The molecular formula is C20H27N3O5. The quantitative estimate of drug-likeness (QED) is 0.592. The van der Waals surface area contributed by atoms with Gasteiger partial charge in [0.15, 0.2) is 5.82 Å². The fourth-order valence-electron chi connectivity index (χ4n) is 2.76. The van der Waals surface area contributed by atoms with Gasteiger partial charge in [-0.15, -0.1) is 0 Å². The van der Waals surface area contributed by atoms with Crippen LogP contribution < -0.4 is 14.8 Å². The standard InChI is InChI=1S/C20H27N3O5/c1-4-5-6-7-11-23(14-19(24)21-18-10-12-28-22-18)20(25)16-9-8-15(26-2)13-17(16)27-3/h8-10,12-13H,4-7,11,14H2,1-3H3,(H,21,22,24). The van der Waals surface area contributed by atoms with Gasteiger partial charge >= 0.3 is 0 Å². The van der Waals surface area contributed by atoms with Crippen molar-refractivity contribution in [1.82, 2.24) is 10.1 Å². The monoisotopic (exact) mass is 389 g/mol. The molecule has 1 N–H and O–H groups in total. The number of hydrogen-bond acceptors (Lipinski definition) is 6. The molecule has 0 saturated carbocycles. The van der Waals surface area contributed by atoms with E-state index in [0.717, 1.165) is 25.7 Å². The molecule has 0 saturated heterocycles. The van der Waals surface area contributed by atoms with E-state index in [2.05, 4.69) is 17.4 Å². The highest BCUT2D eigenvalue weighted by atomic mass is 16.5. The largest absolute Gasteiger partial charge is 0.497 e. The van der Waals surface area contributed by atoms with Gasteiger partial charge < -0.3 is 24.2 Å². The summed E-state index contributed by atoms with van der Waals surface area (Å²) >= 11 is 0. The summed E-state index contributed by atoms with van der Waals surface area (Å²) in [6, 6.07) is 6.53. The normalized spacial score (nSPS) is 10.4. The summed E-state index contributed by atoms with van der Waals surface area (Å²) in [5, 5.41) is 6.27. The number of ether oxygens (including phenoxy) is 2. The number of anilines is 1. The molecule has 0 aliphatic rings. The summed E-state index contributed by atoms with van der Waals surface area (Å²) in [6.45, 7) is 2.50. The van der Waals surface area contributed by atoms with Gasteiger partial charge in [-0.3, -0.25) is 9.59 Å². The molecule has 0 aliphatic carbocycles. The van der Waals surface area contributed by atoms with Crippen molar-refractivity contribution in [2.45, 2.75) is 32.6 Å². The maximum atomic E-state index is 13.1. The Balaban J connectivity index is 2.14. The minimum absolute atomic E-state index is 0.0903. The Morgan fingerprint density at radius 3 is 2.61 bits per heavy atom. The van der Waals surface area contributed by atoms with E-state index in [4.69, 9.17) is 14.0 Å². The fraction of sp³-hybridized carbons (Fsp3) is 0.450. The van der Waals surface area contributed by atoms with Gasteiger partial charge in [0.25, 0.3) is 5.91 Å². The number of carbonyl (C=O) groups is 2. The molecule has 2 rings (SSSR count). The average molecular weight is 389 g/mol. The third kappa shape index (κ3) is 6.00. The average Bonchev–Trinajstić information content (AvgIpc) is 3.22. The number of amides is 2. The van der Waals surface area contributed by atoms with Crippen LogP contribution in [0.3, 0.4) is 0 Å². The van der Waals surface area contributed by atoms with Gasteiger partial charge in [0.1, 0.15) is 24.3 Å². The molecule has 0 bridgehead atoms. The minimum Gasteiger partial charge on any atom is -0.497 e. The second-order valence-electron chi connectivity index (χ2n) is 6.29. The van der Waals surface area contributed by atoms with Gasteiger partial charge in [-0.25, -0.2) is 0 Å². The van der Waals surface area contributed by atoms with E-state index in [0.29, 0.717) is 29.4 Å². The van der Waals surface area contributed by atoms with Crippen LogP contribution in [-0.2, 0) is 4.79 Å². The predicted octanol–water partition coefficient (Wildman–Crippen LogP) is 3.35. The number of rotatable bonds is 11. The fourth-order valence-corrected chi connectivity index (χ4v) is 2.76. The lowest BCUT2D eigenvalue weighted by atomic mass is 10.1. The molecule has 1 aromatic heterocycles. The highest BCUT2D eigenvalue weighted by molar-refractivity contribution is 6.00. The molecule has 152 valence electrons. The Labute approximate surface area is 164 Å². The molecule has 8 nitrogen and oxygen atoms in total.